The molecule has 4 rings (SSSR count). The molecule has 40 heavy (non-hydrogen) atoms. The Bertz CT molecular complexity index is 1100. The molecule has 3 fully saturated rings. The van der Waals surface area contributed by atoms with Crippen LogP contribution >= 0.6 is 15.9 Å². The summed E-state index contributed by atoms with van der Waals surface area (Å²) in [5, 5.41) is 15.5. The minimum atomic E-state index is -1.11. The number of hydrogen-bond donors (Lipinski definition) is 3. The number of amides is 3. The molecule has 3 aliphatic heterocycles. The van der Waals surface area contributed by atoms with E-state index in [9.17, 15) is 19.5 Å². The first kappa shape index (κ1) is 30.8. The maximum atomic E-state index is 14.1. The number of alkyl halides is 1. The van der Waals surface area contributed by atoms with Crippen LogP contribution in [0.3, 0.4) is 0 Å². The number of unbranched alkanes of at least 4 members (excludes halogenated alkanes) is 1. The van der Waals surface area contributed by atoms with Crippen molar-refractivity contribution in [1.82, 2.24) is 10.2 Å². The summed E-state index contributed by atoms with van der Waals surface area (Å²) < 4.78 is 12.1. The molecule has 3 saturated heterocycles. The van der Waals surface area contributed by atoms with Gasteiger partial charge in [-0.15, -0.1) is 0 Å². The van der Waals surface area contributed by atoms with Gasteiger partial charge >= 0.3 is 0 Å². The Morgan fingerprint density at radius 3 is 2.42 bits per heavy atom. The standard InChI is InChI=1S/C30H44BrN3O6/c1-7-39-19-12-10-18(11-13-19)32-25(36)21-22-27(38)34(14-8-9-15-35)24(30(22)16-20(31)23(21)40-30)26(37)33-29(5,6)17-28(2,3)4/h10-13,20-24,35H,7-9,14-17H2,1-6H3,(H,32,36)(H,33,37)/t20?,21-,22-,23-,24?,30?/m0/s1. The summed E-state index contributed by atoms with van der Waals surface area (Å²) in [6, 6.07) is 6.24. The van der Waals surface area contributed by atoms with E-state index >= 15 is 0 Å². The Morgan fingerprint density at radius 1 is 1.15 bits per heavy atom. The van der Waals surface area contributed by atoms with Gasteiger partial charge in [0.05, 0.1) is 24.5 Å². The number of fused-ring (bicyclic) bond motifs is 1. The summed E-state index contributed by atoms with van der Waals surface area (Å²) in [6.07, 6.45) is 1.72. The van der Waals surface area contributed by atoms with Gasteiger partial charge in [0, 0.05) is 29.2 Å². The molecule has 0 saturated carbocycles. The molecule has 0 radical (unpaired) electrons. The van der Waals surface area contributed by atoms with Crippen LogP contribution in [0.2, 0.25) is 0 Å². The summed E-state index contributed by atoms with van der Waals surface area (Å²) >= 11 is 3.71. The highest BCUT2D eigenvalue weighted by Gasteiger charge is 2.76. The van der Waals surface area contributed by atoms with E-state index in [0.717, 1.165) is 6.42 Å². The number of hydrogen-bond acceptors (Lipinski definition) is 6. The summed E-state index contributed by atoms with van der Waals surface area (Å²) in [6.45, 7) is 13.1. The number of aliphatic hydroxyl groups is 1. The van der Waals surface area contributed by atoms with Gasteiger partial charge in [-0.1, -0.05) is 36.7 Å². The Kier molecular flexibility index (Phi) is 8.93. The minimum Gasteiger partial charge on any atom is -0.494 e. The van der Waals surface area contributed by atoms with Gasteiger partial charge in [-0.05, 0) is 76.1 Å². The van der Waals surface area contributed by atoms with Crippen molar-refractivity contribution in [2.75, 3.05) is 25.1 Å². The Balaban J connectivity index is 1.63. The Labute approximate surface area is 245 Å². The van der Waals surface area contributed by atoms with Gasteiger partial charge in [0.25, 0.3) is 0 Å². The SMILES string of the molecule is CCOc1ccc(NC(=O)[C@H]2[C@H]3C(=O)N(CCCCO)C(C(=O)NC(C)(C)CC(C)(C)C)C34CC(Br)[C@@H]2O4)cc1. The van der Waals surface area contributed by atoms with Crippen molar-refractivity contribution in [3.63, 3.8) is 0 Å². The number of halogens is 1. The van der Waals surface area contributed by atoms with Crippen molar-refractivity contribution in [2.24, 2.45) is 17.3 Å². The van der Waals surface area contributed by atoms with E-state index in [4.69, 9.17) is 9.47 Å². The molecule has 0 aliphatic carbocycles. The average Bonchev–Trinajstić information content (AvgIpc) is 3.42. The molecule has 3 unspecified atom stereocenters. The first-order valence-electron chi connectivity index (χ1n) is 14.3. The predicted molar refractivity (Wildman–Crippen MR) is 156 cm³/mol. The van der Waals surface area contributed by atoms with Crippen LogP contribution < -0.4 is 15.4 Å². The van der Waals surface area contributed by atoms with Crippen LogP contribution in [0.25, 0.3) is 0 Å². The largest absolute Gasteiger partial charge is 0.494 e. The fourth-order valence-electron chi connectivity index (χ4n) is 7.16. The predicted octanol–water partition coefficient (Wildman–Crippen LogP) is 3.88. The van der Waals surface area contributed by atoms with Crippen molar-refractivity contribution < 1.29 is 29.0 Å². The summed E-state index contributed by atoms with van der Waals surface area (Å²) in [4.78, 5) is 43.3. The van der Waals surface area contributed by atoms with E-state index in [-0.39, 0.29) is 34.6 Å². The molecule has 1 aromatic carbocycles. The third-order valence-corrected chi connectivity index (χ3v) is 8.86. The van der Waals surface area contributed by atoms with Crippen LogP contribution in [0.5, 0.6) is 5.75 Å². The second kappa shape index (κ2) is 11.6. The van der Waals surface area contributed by atoms with Crippen molar-refractivity contribution in [2.45, 2.75) is 95.3 Å². The number of ether oxygens (including phenoxy) is 2. The van der Waals surface area contributed by atoms with E-state index in [2.05, 4.69) is 47.3 Å². The van der Waals surface area contributed by atoms with Crippen LogP contribution in [-0.2, 0) is 19.1 Å². The third kappa shape index (κ3) is 6.04. The third-order valence-electron chi connectivity index (χ3n) is 8.01. The van der Waals surface area contributed by atoms with Crippen LogP contribution in [0.15, 0.2) is 24.3 Å². The molecule has 2 bridgehead atoms. The molecule has 222 valence electrons. The number of carbonyl (C=O) groups is 3. The van der Waals surface area contributed by atoms with E-state index in [1.165, 1.54) is 0 Å². The lowest BCUT2D eigenvalue weighted by Gasteiger charge is -2.38. The van der Waals surface area contributed by atoms with Crippen LogP contribution in [0.4, 0.5) is 5.69 Å². The second-order valence-corrected chi connectivity index (χ2v) is 14.4. The minimum absolute atomic E-state index is 0.00123. The lowest BCUT2D eigenvalue weighted by atomic mass is 9.70. The fourth-order valence-corrected chi connectivity index (χ4v) is 8.11. The zero-order chi connectivity index (χ0) is 29.5. The first-order valence-corrected chi connectivity index (χ1v) is 15.2. The number of rotatable bonds is 11. The normalized spacial score (nSPS) is 29.4. The number of nitrogens with one attached hydrogen (secondary N) is 2. The van der Waals surface area contributed by atoms with Gasteiger partial charge in [0.1, 0.15) is 17.4 Å². The Hall–Kier alpha value is -2.17. The number of nitrogens with zero attached hydrogens (tertiary/aromatic N) is 1. The average molecular weight is 623 g/mol. The molecule has 3 N–H and O–H groups in total. The van der Waals surface area contributed by atoms with Gasteiger partial charge in [-0.25, -0.2) is 0 Å². The summed E-state index contributed by atoms with van der Waals surface area (Å²) in [5.74, 6) is -1.62. The molecular weight excluding hydrogens is 578 g/mol. The lowest BCUT2D eigenvalue weighted by Crippen LogP contribution is -2.59. The smallest absolute Gasteiger partial charge is 0.246 e. The molecule has 1 aromatic rings. The maximum absolute atomic E-state index is 14.1. The number of anilines is 1. The van der Waals surface area contributed by atoms with E-state index < -0.39 is 35.1 Å². The van der Waals surface area contributed by atoms with Gasteiger partial charge in [0.2, 0.25) is 17.7 Å². The number of carbonyl (C=O) groups excluding carboxylic acids is 3. The topological polar surface area (TPSA) is 117 Å². The highest BCUT2D eigenvalue weighted by molar-refractivity contribution is 9.09. The number of likely N-dealkylation sites (tertiary alicyclic amines) is 1. The highest BCUT2D eigenvalue weighted by atomic mass is 79.9. The molecule has 10 heteroatoms. The number of benzene rings is 1. The fraction of sp³-hybridized carbons (Fsp3) is 0.700. The van der Waals surface area contributed by atoms with Crippen molar-refractivity contribution in [3.8, 4) is 5.75 Å². The zero-order valence-electron chi connectivity index (χ0n) is 24.5. The molecule has 3 aliphatic rings. The Morgan fingerprint density at radius 2 is 1.82 bits per heavy atom. The van der Waals surface area contributed by atoms with Crippen LogP contribution in [0.1, 0.15) is 67.2 Å². The zero-order valence-corrected chi connectivity index (χ0v) is 26.0. The highest BCUT2D eigenvalue weighted by Crippen LogP contribution is 2.60. The summed E-state index contributed by atoms with van der Waals surface area (Å²) in [5.41, 5.74) is -1.05. The van der Waals surface area contributed by atoms with E-state index in [1.54, 1.807) is 29.2 Å². The second-order valence-electron chi connectivity index (χ2n) is 13.2. The van der Waals surface area contributed by atoms with Crippen molar-refractivity contribution in [1.29, 1.82) is 0 Å². The monoisotopic (exact) mass is 621 g/mol. The molecule has 0 aromatic heterocycles. The molecule has 1 spiro atoms. The van der Waals surface area contributed by atoms with Crippen LogP contribution in [0, 0.1) is 17.3 Å². The lowest BCUT2D eigenvalue weighted by molar-refractivity contribution is -0.142. The maximum Gasteiger partial charge on any atom is 0.246 e. The quantitative estimate of drug-likeness (QED) is 0.255. The molecule has 3 heterocycles. The number of aliphatic hydroxyl groups excluding tert-OH is 1. The van der Waals surface area contributed by atoms with Gasteiger partial charge < -0.3 is 30.1 Å². The molecule has 9 nitrogen and oxygen atoms in total. The van der Waals surface area contributed by atoms with Crippen LogP contribution in [-0.4, -0.2) is 75.6 Å². The van der Waals surface area contributed by atoms with E-state index in [0.29, 0.717) is 43.9 Å². The molecule has 6 atom stereocenters. The van der Waals surface area contributed by atoms with Crippen molar-refractivity contribution >= 4 is 39.3 Å². The summed E-state index contributed by atoms with van der Waals surface area (Å²) in [7, 11) is 0. The molecule has 3 amide bonds. The van der Waals surface area contributed by atoms with Gasteiger partial charge in [-0.3, -0.25) is 14.4 Å². The van der Waals surface area contributed by atoms with E-state index in [1.807, 2.05) is 20.8 Å². The van der Waals surface area contributed by atoms with Gasteiger partial charge in [0.15, 0.2) is 0 Å². The van der Waals surface area contributed by atoms with Gasteiger partial charge in [-0.2, -0.15) is 0 Å². The van der Waals surface area contributed by atoms with Crippen molar-refractivity contribution in [3.05, 3.63) is 24.3 Å². The molecular formula is C30H44BrN3O6. The first-order chi connectivity index (χ1) is 18.7.